The van der Waals surface area contributed by atoms with Gasteiger partial charge in [0, 0.05) is 6.92 Å². The third-order valence-corrected chi connectivity index (χ3v) is 5.40. The van der Waals surface area contributed by atoms with Gasteiger partial charge in [-0.3, -0.25) is 9.69 Å². The number of hydrogen-bond donors (Lipinski definition) is 2. The number of hydrogen-bond acceptors (Lipinski definition) is 5. The van der Waals surface area contributed by atoms with Crippen molar-refractivity contribution < 1.29 is 23.1 Å². The highest BCUT2D eigenvalue weighted by Gasteiger charge is 2.33. The van der Waals surface area contributed by atoms with Crippen molar-refractivity contribution >= 4 is 17.7 Å². The van der Waals surface area contributed by atoms with Gasteiger partial charge >= 0.3 is 6.09 Å². The Bertz CT molecular complexity index is 1110. The molecule has 2 aromatic carbocycles. The maximum absolute atomic E-state index is 14.9. The molecule has 3 aromatic rings. The van der Waals surface area contributed by atoms with E-state index in [9.17, 15) is 18.4 Å². The lowest BCUT2D eigenvalue weighted by molar-refractivity contribution is -0.119. The van der Waals surface area contributed by atoms with Crippen LogP contribution >= 0.6 is 0 Å². The van der Waals surface area contributed by atoms with E-state index in [1.54, 1.807) is 18.3 Å². The van der Waals surface area contributed by atoms with Crippen molar-refractivity contribution in [2.45, 2.75) is 32.3 Å². The molecule has 1 fully saturated rings. The quantitative estimate of drug-likeness (QED) is 0.542. The van der Waals surface area contributed by atoms with Gasteiger partial charge in [0.2, 0.25) is 5.91 Å². The zero-order valence-corrected chi connectivity index (χ0v) is 18.0. The number of aromatic amines is 1. The Morgan fingerprint density at radius 3 is 2.58 bits per heavy atom. The van der Waals surface area contributed by atoms with Crippen LogP contribution in [0.25, 0.3) is 11.1 Å². The Labute approximate surface area is 188 Å². The first-order valence-corrected chi connectivity index (χ1v) is 10.6. The standard InChI is InChI=1S/C23H23F2N5O3/c1-14(31)26-12-19-13-30(23(32)33-19)18-9-20(24)22(21(25)10-18)16-7-5-15(6-8-16)3-2-4-17-11-27-29-28-17/h5-11,19H,2-4,12-13H2,1H3,(H,26,31)(H,27,28,29)/t19-/m0/s1. The van der Waals surface area contributed by atoms with Crippen molar-refractivity contribution in [2.24, 2.45) is 0 Å². The van der Waals surface area contributed by atoms with E-state index < -0.39 is 23.8 Å². The molecule has 1 saturated heterocycles. The number of benzene rings is 2. The molecule has 1 aliphatic rings. The van der Waals surface area contributed by atoms with Gasteiger partial charge < -0.3 is 10.1 Å². The van der Waals surface area contributed by atoms with E-state index in [4.69, 9.17) is 4.74 Å². The summed E-state index contributed by atoms with van der Waals surface area (Å²) < 4.78 is 35.0. The SMILES string of the molecule is CC(=O)NC[C@H]1CN(c2cc(F)c(-c3ccc(CCCc4cn[nH]n4)cc3)c(F)c2)C(=O)O1. The molecule has 0 bridgehead atoms. The summed E-state index contributed by atoms with van der Waals surface area (Å²) in [5.41, 5.74) is 2.25. The molecule has 8 nitrogen and oxygen atoms in total. The number of carbonyl (C=O) groups excluding carboxylic acids is 2. The highest BCUT2D eigenvalue weighted by Crippen LogP contribution is 2.32. The zero-order valence-electron chi connectivity index (χ0n) is 18.0. The van der Waals surface area contributed by atoms with Crippen molar-refractivity contribution in [1.82, 2.24) is 20.7 Å². The van der Waals surface area contributed by atoms with Crippen LogP contribution in [0.3, 0.4) is 0 Å². The maximum Gasteiger partial charge on any atom is 0.414 e. The number of aryl methyl sites for hydroxylation is 2. The van der Waals surface area contributed by atoms with Crippen LogP contribution in [0.5, 0.6) is 0 Å². The Hall–Kier alpha value is -3.82. The maximum atomic E-state index is 14.9. The number of nitrogens with one attached hydrogen (secondary N) is 2. The first-order valence-electron chi connectivity index (χ1n) is 10.6. The minimum absolute atomic E-state index is 0.0635. The van der Waals surface area contributed by atoms with Crippen molar-refractivity contribution in [3.63, 3.8) is 0 Å². The van der Waals surface area contributed by atoms with Gasteiger partial charge in [-0.2, -0.15) is 15.4 Å². The summed E-state index contributed by atoms with van der Waals surface area (Å²) in [5.74, 6) is -1.81. The number of cyclic esters (lactones) is 1. The number of rotatable bonds is 8. The molecule has 0 unspecified atom stereocenters. The van der Waals surface area contributed by atoms with Gasteiger partial charge in [0.25, 0.3) is 0 Å². The molecule has 1 aliphatic heterocycles. The summed E-state index contributed by atoms with van der Waals surface area (Å²) in [6, 6.07) is 9.28. The van der Waals surface area contributed by atoms with Crippen LogP contribution in [0, 0.1) is 11.6 Å². The molecule has 10 heteroatoms. The summed E-state index contributed by atoms with van der Waals surface area (Å²) in [4.78, 5) is 24.3. The lowest BCUT2D eigenvalue weighted by Gasteiger charge is -2.15. The predicted molar refractivity (Wildman–Crippen MR) is 117 cm³/mol. The Kier molecular flexibility index (Phi) is 6.62. The van der Waals surface area contributed by atoms with Gasteiger partial charge in [-0.15, -0.1) is 0 Å². The Morgan fingerprint density at radius 2 is 1.94 bits per heavy atom. The van der Waals surface area contributed by atoms with E-state index in [1.165, 1.54) is 6.92 Å². The normalized spacial score (nSPS) is 15.5. The minimum Gasteiger partial charge on any atom is -0.442 e. The molecule has 172 valence electrons. The molecule has 2 heterocycles. The van der Waals surface area contributed by atoms with Crippen LogP contribution < -0.4 is 10.2 Å². The predicted octanol–water partition coefficient (Wildman–Crippen LogP) is 3.39. The fourth-order valence-electron chi connectivity index (χ4n) is 3.75. The van der Waals surface area contributed by atoms with E-state index in [2.05, 4.69) is 20.7 Å². The topological polar surface area (TPSA) is 100 Å². The number of aromatic nitrogens is 3. The molecule has 4 rings (SSSR count). The molecule has 0 spiro atoms. The van der Waals surface area contributed by atoms with E-state index in [-0.39, 0.29) is 30.2 Å². The smallest absolute Gasteiger partial charge is 0.414 e. The van der Waals surface area contributed by atoms with Crippen molar-refractivity contribution in [1.29, 1.82) is 0 Å². The molecule has 2 N–H and O–H groups in total. The van der Waals surface area contributed by atoms with Crippen LogP contribution in [-0.4, -0.2) is 46.6 Å². The van der Waals surface area contributed by atoms with Gasteiger partial charge in [-0.1, -0.05) is 24.3 Å². The Balaban J connectivity index is 1.43. The molecule has 1 aromatic heterocycles. The fourth-order valence-corrected chi connectivity index (χ4v) is 3.75. The number of nitrogens with zero attached hydrogens (tertiary/aromatic N) is 3. The number of halogens is 2. The number of ether oxygens (including phenoxy) is 1. The average Bonchev–Trinajstić information content (AvgIpc) is 3.42. The van der Waals surface area contributed by atoms with E-state index >= 15 is 0 Å². The zero-order chi connectivity index (χ0) is 23.4. The molecule has 33 heavy (non-hydrogen) atoms. The van der Waals surface area contributed by atoms with Gasteiger partial charge in [0.15, 0.2) is 0 Å². The van der Waals surface area contributed by atoms with Crippen LogP contribution in [0.2, 0.25) is 0 Å². The highest BCUT2D eigenvalue weighted by molar-refractivity contribution is 5.90. The third-order valence-electron chi connectivity index (χ3n) is 5.40. The molecule has 2 amide bonds. The van der Waals surface area contributed by atoms with Crippen molar-refractivity contribution in [3.8, 4) is 11.1 Å². The molecule has 1 atom stereocenters. The molecular weight excluding hydrogens is 432 g/mol. The molecule has 0 saturated carbocycles. The van der Waals surface area contributed by atoms with Crippen molar-refractivity contribution in [2.75, 3.05) is 18.0 Å². The number of amides is 2. The summed E-state index contributed by atoms with van der Waals surface area (Å²) in [5, 5.41) is 12.9. The summed E-state index contributed by atoms with van der Waals surface area (Å²) >= 11 is 0. The van der Waals surface area contributed by atoms with Gasteiger partial charge in [0.05, 0.1) is 36.2 Å². The molecule has 0 aliphatic carbocycles. The number of H-pyrrole nitrogens is 1. The van der Waals surface area contributed by atoms with E-state index in [0.29, 0.717) is 5.56 Å². The van der Waals surface area contributed by atoms with Gasteiger partial charge in [0.1, 0.15) is 17.7 Å². The van der Waals surface area contributed by atoms with Gasteiger partial charge in [-0.25, -0.2) is 13.6 Å². The summed E-state index contributed by atoms with van der Waals surface area (Å²) in [7, 11) is 0. The third kappa shape index (κ3) is 5.33. The first-order chi connectivity index (χ1) is 15.9. The van der Waals surface area contributed by atoms with Gasteiger partial charge in [-0.05, 0) is 42.5 Å². The van der Waals surface area contributed by atoms with Crippen molar-refractivity contribution in [3.05, 3.63) is 65.5 Å². The Morgan fingerprint density at radius 1 is 1.21 bits per heavy atom. The van der Waals surface area contributed by atoms with E-state index in [0.717, 1.165) is 47.6 Å². The second kappa shape index (κ2) is 9.76. The van der Waals surface area contributed by atoms with Crippen LogP contribution in [0.1, 0.15) is 24.6 Å². The average molecular weight is 455 g/mol. The van der Waals surface area contributed by atoms with E-state index in [1.807, 2.05) is 12.1 Å². The number of carbonyl (C=O) groups is 2. The molecular formula is C23H23F2N5O3. The molecule has 0 radical (unpaired) electrons. The van der Waals surface area contributed by atoms with Crippen LogP contribution in [0.4, 0.5) is 19.3 Å². The largest absolute Gasteiger partial charge is 0.442 e. The van der Waals surface area contributed by atoms with Crippen LogP contribution in [0.15, 0.2) is 42.6 Å². The lowest BCUT2D eigenvalue weighted by Crippen LogP contribution is -2.33. The second-order valence-electron chi connectivity index (χ2n) is 7.85. The number of anilines is 1. The monoisotopic (exact) mass is 455 g/mol. The summed E-state index contributed by atoms with van der Waals surface area (Å²) in [6.07, 6.45) is 2.83. The minimum atomic E-state index is -0.776. The lowest BCUT2D eigenvalue weighted by atomic mass is 10.00. The summed E-state index contributed by atoms with van der Waals surface area (Å²) in [6.45, 7) is 1.56. The second-order valence-corrected chi connectivity index (χ2v) is 7.85. The fraction of sp³-hybridized carbons (Fsp3) is 0.304. The van der Waals surface area contributed by atoms with Crippen LogP contribution in [-0.2, 0) is 22.4 Å². The first kappa shape index (κ1) is 22.4. The highest BCUT2D eigenvalue weighted by atomic mass is 19.1.